The number of carboxylic acids is 2. The number of carbonyl (C=O) groups is 9. The number of Topliss-reactive ketones (excluding diaryl/α,β-unsaturated/α-hetero) is 2. The number of rotatable bonds is 55. The van der Waals surface area contributed by atoms with Crippen molar-refractivity contribution in [2.75, 3.05) is 92.2 Å². The molecule has 77 heavy (non-hydrogen) atoms. The molecule has 5 amide bonds. The highest BCUT2D eigenvalue weighted by atomic mass is 16.5. The second-order valence-electron chi connectivity index (χ2n) is 18.7. The number of hydrogen-bond donors (Lipinski definition) is 11. The van der Waals surface area contributed by atoms with Crippen molar-refractivity contribution < 1.29 is 77.4 Å². The highest BCUT2D eigenvalue weighted by molar-refractivity contribution is 5.88. The summed E-state index contributed by atoms with van der Waals surface area (Å²) in [6, 6.07) is -2.96. The minimum Gasteiger partial charge on any atom is -0.481 e. The van der Waals surface area contributed by atoms with E-state index in [1.165, 1.54) is 44.9 Å². The van der Waals surface area contributed by atoms with Gasteiger partial charge in [-0.3, -0.25) is 43.7 Å². The number of nitrogens with one attached hydrogen (secondary N) is 7. The lowest BCUT2D eigenvalue weighted by molar-refractivity contribution is -0.142. The number of H-pyrrole nitrogens is 1. The molecule has 0 spiro atoms. The summed E-state index contributed by atoms with van der Waals surface area (Å²) < 4.78 is 21.5. The van der Waals surface area contributed by atoms with Gasteiger partial charge in [-0.2, -0.15) is 0 Å². The number of aliphatic carboxylic acids is 2. The van der Waals surface area contributed by atoms with Gasteiger partial charge in [-0.1, -0.05) is 77.0 Å². The largest absolute Gasteiger partial charge is 0.481 e. The maximum Gasteiger partial charge on any atom is 0.326 e. The Kier molecular flexibility index (Phi) is 43.1. The molecule has 0 bridgehead atoms. The smallest absolute Gasteiger partial charge is 0.326 e. The van der Waals surface area contributed by atoms with E-state index in [9.17, 15) is 53.4 Å². The first-order chi connectivity index (χ1) is 37.2. The van der Waals surface area contributed by atoms with Gasteiger partial charge in [0.25, 0.3) is 0 Å². The molecule has 0 unspecified atom stereocenters. The molecule has 12 N–H and O–H groups in total. The van der Waals surface area contributed by atoms with Crippen molar-refractivity contribution in [1.29, 1.82) is 0 Å². The third kappa shape index (κ3) is 42.3. The summed E-state index contributed by atoms with van der Waals surface area (Å²) >= 11 is 0. The number of unbranched alkanes of at least 4 members (excludes halogenated alkanes) is 14. The van der Waals surface area contributed by atoms with E-state index in [1.54, 1.807) is 6.20 Å². The van der Waals surface area contributed by atoms with Gasteiger partial charge >= 0.3 is 11.9 Å². The number of primary amides is 1. The fraction of sp³-hybridized carbons (Fsp3) is 0.769. The monoisotopic (exact) mass is 1100 g/mol. The minimum atomic E-state index is -1.20. The van der Waals surface area contributed by atoms with E-state index >= 15 is 0 Å². The van der Waals surface area contributed by atoms with Gasteiger partial charge in [-0.05, 0) is 44.9 Å². The molecule has 0 fully saturated rings. The van der Waals surface area contributed by atoms with Crippen LogP contribution in [-0.4, -0.2) is 189 Å². The SMILES string of the molecule is NC(=O)[C@H](CO)NCC(=O)[C@H](CCCCNC(=O)COCCOCCNC(=O)COCCOCCNC(=O)CC[C@H](NC(=O)CCCCCCCCCCCCCCCCC(=O)O)C(=O)O)NCC(=O)CCc1cnc[nH]1. The van der Waals surface area contributed by atoms with E-state index in [-0.39, 0.29) is 146 Å². The zero-order chi connectivity index (χ0) is 56.6. The Hall–Kier alpha value is -5.44. The number of carbonyl (C=O) groups excluding carboxylic acids is 7. The summed E-state index contributed by atoms with van der Waals surface area (Å²) in [6.07, 6.45) is 20.6. The average Bonchev–Trinajstić information content (AvgIpc) is 3.93. The van der Waals surface area contributed by atoms with Crippen LogP contribution in [0, 0.1) is 0 Å². The number of aryl methyl sites for hydroxylation is 1. The van der Waals surface area contributed by atoms with Crippen molar-refractivity contribution >= 4 is 53.0 Å². The van der Waals surface area contributed by atoms with Gasteiger partial charge in [0.1, 0.15) is 31.1 Å². The fourth-order valence-electron chi connectivity index (χ4n) is 7.67. The number of carboxylic acid groups (broad SMARTS) is 2. The van der Waals surface area contributed by atoms with Crippen molar-refractivity contribution in [3.05, 3.63) is 18.2 Å². The van der Waals surface area contributed by atoms with Crippen molar-refractivity contribution in [2.45, 2.75) is 166 Å². The molecular formula is C52H91N9O16. The van der Waals surface area contributed by atoms with Crippen LogP contribution in [0.4, 0.5) is 0 Å². The lowest BCUT2D eigenvalue weighted by Gasteiger charge is -2.19. The number of imidazole rings is 1. The molecule has 0 aromatic carbocycles. The molecule has 0 saturated heterocycles. The molecule has 25 heteroatoms. The summed E-state index contributed by atoms with van der Waals surface area (Å²) in [5.41, 5.74) is 6.05. The average molecular weight is 1100 g/mol. The molecule has 440 valence electrons. The Morgan fingerprint density at radius 1 is 0.532 bits per heavy atom. The van der Waals surface area contributed by atoms with Crippen LogP contribution in [0.1, 0.15) is 147 Å². The Morgan fingerprint density at radius 2 is 1.05 bits per heavy atom. The number of nitrogens with zero attached hydrogens (tertiary/aromatic N) is 1. The molecule has 0 saturated carbocycles. The molecule has 0 radical (unpaired) electrons. The van der Waals surface area contributed by atoms with Crippen molar-refractivity contribution in [3.63, 3.8) is 0 Å². The standard InChI is InChI=1S/C52H91N9O16/c53-51(71)44(36-62)59-35-45(64)42(58-34-41(63)21-20-40-33-54-39-60-40)17-15-16-24-55-48(67)37-76-31-30-75-28-26-57-49(68)38-77-32-29-74-27-25-56-46(65)23-22-43(52(72)73)61-47(66)18-13-11-9-7-5-3-1-2-4-6-8-10-12-14-19-50(69)70/h33,39,42-44,58-59,62H,1-32,34-38H2,(H2,53,71)(H,54,60)(H,55,67)(H,56,65)(H,57,68)(H,61,66)(H,69,70)(H,72,73)/t42-,43-,44-/m0/s1. The molecule has 1 aromatic heterocycles. The van der Waals surface area contributed by atoms with Gasteiger partial charge in [0, 0.05) is 57.2 Å². The molecule has 25 nitrogen and oxygen atoms in total. The maximum absolute atomic E-state index is 12.9. The minimum absolute atomic E-state index is 0.0413. The van der Waals surface area contributed by atoms with Gasteiger partial charge in [0.2, 0.25) is 29.5 Å². The van der Waals surface area contributed by atoms with Crippen LogP contribution in [0.2, 0.25) is 0 Å². The normalized spacial score (nSPS) is 12.3. The van der Waals surface area contributed by atoms with E-state index in [0.29, 0.717) is 38.6 Å². The second-order valence-corrected chi connectivity index (χ2v) is 18.7. The highest BCUT2D eigenvalue weighted by Crippen LogP contribution is 2.14. The van der Waals surface area contributed by atoms with Gasteiger partial charge in [-0.15, -0.1) is 0 Å². The second kappa shape index (κ2) is 47.7. The van der Waals surface area contributed by atoms with E-state index in [2.05, 4.69) is 41.9 Å². The van der Waals surface area contributed by atoms with Crippen molar-refractivity contribution in [2.24, 2.45) is 5.73 Å². The first-order valence-electron chi connectivity index (χ1n) is 27.4. The third-order valence-corrected chi connectivity index (χ3v) is 12.1. The lowest BCUT2D eigenvalue weighted by Crippen LogP contribution is -2.50. The highest BCUT2D eigenvalue weighted by Gasteiger charge is 2.23. The molecule has 1 aromatic rings. The Labute approximate surface area is 453 Å². The van der Waals surface area contributed by atoms with E-state index < -0.39 is 42.6 Å². The van der Waals surface area contributed by atoms with Crippen LogP contribution in [-0.2, 0) is 68.5 Å². The maximum atomic E-state index is 12.9. The first-order valence-corrected chi connectivity index (χ1v) is 27.4. The van der Waals surface area contributed by atoms with E-state index in [4.69, 9.17) is 29.8 Å². The molecule has 0 aliphatic carbocycles. The summed E-state index contributed by atoms with van der Waals surface area (Å²) in [6.45, 7) is 0.494. The number of aliphatic hydroxyl groups excluding tert-OH is 1. The zero-order valence-corrected chi connectivity index (χ0v) is 45.2. The number of ketones is 2. The molecule has 3 atom stereocenters. The van der Waals surface area contributed by atoms with Crippen molar-refractivity contribution in [1.82, 2.24) is 41.9 Å². The Bertz CT molecular complexity index is 1790. The van der Waals surface area contributed by atoms with Gasteiger partial charge in [0.15, 0.2) is 5.78 Å². The van der Waals surface area contributed by atoms with Gasteiger partial charge in [0.05, 0.1) is 71.7 Å². The van der Waals surface area contributed by atoms with E-state index in [1.807, 2.05) is 0 Å². The van der Waals surface area contributed by atoms with Gasteiger partial charge < -0.3 is 71.6 Å². The number of hydrogen-bond acceptors (Lipinski definition) is 17. The number of nitrogens with two attached hydrogens (primary N) is 1. The Morgan fingerprint density at radius 3 is 1.57 bits per heavy atom. The topological polar surface area (TPSA) is 378 Å². The van der Waals surface area contributed by atoms with Crippen LogP contribution in [0.5, 0.6) is 0 Å². The van der Waals surface area contributed by atoms with Crippen molar-refractivity contribution in [3.8, 4) is 0 Å². The number of aromatic amines is 1. The number of aromatic nitrogens is 2. The summed E-state index contributed by atoms with van der Waals surface area (Å²) in [7, 11) is 0. The quantitative estimate of drug-likeness (QED) is 0.0407. The lowest BCUT2D eigenvalue weighted by atomic mass is 10.0. The van der Waals surface area contributed by atoms with Crippen LogP contribution in [0.25, 0.3) is 0 Å². The number of amides is 5. The molecular weight excluding hydrogens is 1010 g/mol. The predicted molar refractivity (Wildman–Crippen MR) is 283 cm³/mol. The van der Waals surface area contributed by atoms with Crippen LogP contribution < -0.4 is 37.6 Å². The number of aliphatic hydroxyl groups is 1. The van der Waals surface area contributed by atoms with Crippen LogP contribution >= 0.6 is 0 Å². The van der Waals surface area contributed by atoms with Crippen LogP contribution in [0.15, 0.2) is 12.5 Å². The van der Waals surface area contributed by atoms with E-state index in [0.717, 1.165) is 50.6 Å². The van der Waals surface area contributed by atoms with Crippen LogP contribution in [0.3, 0.4) is 0 Å². The molecule has 1 heterocycles. The third-order valence-electron chi connectivity index (χ3n) is 12.1. The number of ether oxygens (including phenoxy) is 4. The summed E-state index contributed by atoms with van der Waals surface area (Å²) in [4.78, 5) is 115. The molecule has 0 aliphatic rings. The Balaban J connectivity index is 2.02. The summed E-state index contributed by atoms with van der Waals surface area (Å²) in [5.74, 6) is -4.54. The van der Waals surface area contributed by atoms with Gasteiger partial charge in [-0.25, -0.2) is 9.78 Å². The molecule has 0 aliphatic heterocycles. The zero-order valence-electron chi connectivity index (χ0n) is 45.2. The molecule has 1 rings (SSSR count). The fourth-order valence-corrected chi connectivity index (χ4v) is 7.67. The predicted octanol–water partition coefficient (Wildman–Crippen LogP) is 1.14. The first kappa shape index (κ1) is 69.6. The summed E-state index contributed by atoms with van der Waals surface area (Å²) in [5, 5.41) is 43.8.